The van der Waals surface area contributed by atoms with E-state index in [2.05, 4.69) is 10.3 Å². The topological polar surface area (TPSA) is 64.0 Å². The van der Waals surface area contributed by atoms with Crippen LogP contribution in [-0.2, 0) is 19.4 Å². The van der Waals surface area contributed by atoms with Gasteiger partial charge in [-0.3, -0.25) is 14.6 Å². The molecule has 1 amide bonds. The third-order valence-corrected chi connectivity index (χ3v) is 5.46. The summed E-state index contributed by atoms with van der Waals surface area (Å²) >= 11 is 0. The van der Waals surface area contributed by atoms with Crippen LogP contribution in [0.15, 0.2) is 59.7 Å². The number of aromatic nitrogens is 2. The van der Waals surface area contributed by atoms with Crippen molar-refractivity contribution in [2.45, 2.75) is 38.8 Å². The van der Waals surface area contributed by atoms with Crippen LogP contribution in [0.5, 0.6) is 0 Å². The highest BCUT2D eigenvalue weighted by molar-refractivity contribution is 5.96. The Bertz CT molecular complexity index is 1090. The van der Waals surface area contributed by atoms with Gasteiger partial charge in [0.2, 0.25) is 0 Å². The lowest BCUT2D eigenvalue weighted by molar-refractivity contribution is 0.0928. The van der Waals surface area contributed by atoms with E-state index >= 15 is 0 Å². The van der Waals surface area contributed by atoms with Crippen molar-refractivity contribution >= 4 is 5.91 Å². The van der Waals surface area contributed by atoms with Gasteiger partial charge in [0.1, 0.15) is 5.82 Å². The molecule has 1 aliphatic rings. The summed E-state index contributed by atoms with van der Waals surface area (Å²) in [6.07, 6.45) is 5.42. The van der Waals surface area contributed by atoms with Crippen LogP contribution in [0.4, 0.5) is 4.39 Å². The average Bonchev–Trinajstić information content (AvgIpc) is 2.71. The van der Waals surface area contributed by atoms with Crippen LogP contribution in [0.3, 0.4) is 0 Å². The van der Waals surface area contributed by atoms with Crippen LogP contribution >= 0.6 is 0 Å². The number of nitrogens with zero attached hydrogens (tertiary/aromatic N) is 2. The van der Waals surface area contributed by atoms with Gasteiger partial charge in [0.25, 0.3) is 11.5 Å². The van der Waals surface area contributed by atoms with Gasteiger partial charge >= 0.3 is 0 Å². The zero-order valence-electron chi connectivity index (χ0n) is 16.2. The number of pyridine rings is 2. The van der Waals surface area contributed by atoms with E-state index < -0.39 is 5.82 Å². The van der Waals surface area contributed by atoms with E-state index in [1.807, 2.05) is 18.2 Å². The number of nitrogens with one attached hydrogen (secondary N) is 1. The van der Waals surface area contributed by atoms with Gasteiger partial charge in [0.15, 0.2) is 0 Å². The summed E-state index contributed by atoms with van der Waals surface area (Å²) in [4.78, 5) is 29.1. The van der Waals surface area contributed by atoms with E-state index in [-0.39, 0.29) is 23.1 Å². The Kier molecular flexibility index (Phi) is 5.25. The molecule has 2 aromatic heterocycles. The third kappa shape index (κ3) is 3.97. The summed E-state index contributed by atoms with van der Waals surface area (Å²) in [5.41, 5.74) is 3.74. The molecule has 0 bridgehead atoms. The second kappa shape index (κ2) is 7.99. The number of hydrogen-bond acceptors (Lipinski definition) is 3. The molecule has 2 heterocycles. The second-order valence-corrected chi connectivity index (χ2v) is 7.43. The predicted molar refractivity (Wildman–Crippen MR) is 108 cm³/mol. The van der Waals surface area contributed by atoms with Crippen molar-refractivity contribution in [2.24, 2.45) is 0 Å². The molecule has 1 aliphatic carbocycles. The molecule has 0 spiro atoms. The summed E-state index contributed by atoms with van der Waals surface area (Å²) in [5.74, 6) is -0.899. The molecular formula is C23H22FN3O2. The summed E-state index contributed by atoms with van der Waals surface area (Å²) in [7, 11) is 0. The minimum absolute atomic E-state index is 0.0370. The molecule has 6 heteroatoms. The van der Waals surface area contributed by atoms with Gasteiger partial charge in [0.05, 0.1) is 12.1 Å². The number of rotatable bonds is 4. The highest BCUT2D eigenvalue weighted by Gasteiger charge is 2.24. The molecule has 29 heavy (non-hydrogen) atoms. The van der Waals surface area contributed by atoms with Crippen molar-refractivity contribution in [2.75, 3.05) is 0 Å². The van der Waals surface area contributed by atoms with E-state index in [1.54, 1.807) is 42.1 Å². The van der Waals surface area contributed by atoms with Crippen molar-refractivity contribution < 1.29 is 9.18 Å². The van der Waals surface area contributed by atoms with Crippen LogP contribution < -0.4 is 10.9 Å². The van der Waals surface area contributed by atoms with E-state index in [4.69, 9.17) is 0 Å². The standard InChI is InChI=1S/C23H22FN3O2/c1-15-3-2-4-19(24)22(15)23(29)26-18-6-7-20-17(13-18)5-8-21(28)27(20)14-16-9-11-25-12-10-16/h2-5,8-12,18H,6-7,13-14H2,1H3,(H,26,29). The fraction of sp³-hybridized carbons (Fsp3) is 0.261. The van der Waals surface area contributed by atoms with Gasteiger partial charge in [-0.05, 0) is 61.1 Å². The Labute approximate surface area is 168 Å². The Balaban J connectivity index is 1.54. The van der Waals surface area contributed by atoms with Crippen molar-refractivity contribution in [3.8, 4) is 0 Å². The third-order valence-electron chi connectivity index (χ3n) is 5.46. The first-order chi connectivity index (χ1) is 14.0. The van der Waals surface area contributed by atoms with Gasteiger partial charge in [-0.1, -0.05) is 18.2 Å². The van der Waals surface area contributed by atoms with Crippen molar-refractivity contribution in [3.05, 3.63) is 99.0 Å². The smallest absolute Gasteiger partial charge is 0.254 e. The van der Waals surface area contributed by atoms with Gasteiger partial charge in [-0.15, -0.1) is 0 Å². The summed E-state index contributed by atoms with van der Waals surface area (Å²) in [6.45, 7) is 2.22. The number of fused-ring (bicyclic) bond motifs is 1. The monoisotopic (exact) mass is 391 g/mol. The quantitative estimate of drug-likeness (QED) is 0.744. The first kappa shape index (κ1) is 19.1. The zero-order chi connectivity index (χ0) is 20.4. The van der Waals surface area contributed by atoms with E-state index in [0.717, 1.165) is 16.8 Å². The second-order valence-electron chi connectivity index (χ2n) is 7.43. The molecule has 0 fully saturated rings. The first-order valence-corrected chi connectivity index (χ1v) is 9.69. The molecule has 5 nitrogen and oxygen atoms in total. The Morgan fingerprint density at radius 1 is 1.21 bits per heavy atom. The molecule has 1 N–H and O–H groups in total. The Morgan fingerprint density at radius 2 is 2.00 bits per heavy atom. The van der Waals surface area contributed by atoms with Crippen molar-refractivity contribution in [3.63, 3.8) is 0 Å². The predicted octanol–water partition coefficient (Wildman–Crippen LogP) is 3.03. The van der Waals surface area contributed by atoms with Crippen LogP contribution in [0.2, 0.25) is 0 Å². The van der Waals surface area contributed by atoms with E-state index in [9.17, 15) is 14.0 Å². The number of carbonyl (C=O) groups is 1. The normalized spacial score (nSPS) is 15.6. The molecule has 1 atom stereocenters. The number of carbonyl (C=O) groups excluding carboxylic acids is 1. The first-order valence-electron chi connectivity index (χ1n) is 9.69. The Hall–Kier alpha value is -3.28. The van der Waals surface area contributed by atoms with Crippen LogP contribution in [0.25, 0.3) is 0 Å². The Morgan fingerprint density at radius 3 is 2.76 bits per heavy atom. The minimum atomic E-state index is -0.509. The lowest BCUT2D eigenvalue weighted by Crippen LogP contribution is -2.41. The maximum Gasteiger partial charge on any atom is 0.254 e. The van der Waals surface area contributed by atoms with Gasteiger partial charge < -0.3 is 9.88 Å². The molecule has 0 saturated heterocycles. The van der Waals surface area contributed by atoms with E-state index in [1.165, 1.54) is 6.07 Å². The summed E-state index contributed by atoms with van der Waals surface area (Å²) < 4.78 is 15.9. The molecule has 3 aromatic rings. The average molecular weight is 391 g/mol. The molecule has 0 saturated carbocycles. The molecule has 0 radical (unpaired) electrons. The zero-order valence-corrected chi connectivity index (χ0v) is 16.2. The fourth-order valence-electron chi connectivity index (χ4n) is 3.97. The molecule has 4 rings (SSSR count). The molecule has 1 unspecified atom stereocenters. The fourth-order valence-corrected chi connectivity index (χ4v) is 3.97. The summed E-state index contributed by atoms with van der Waals surface area (Å²) in [6, 6.07) is 11.7. The highest BCUT2D eigenvalue weighted by Crippen LogP contribution is 2.22. The van der Waals surface area contributed by atoms with Crippen LogP contribution in [-0.4, -0.2) is 21.5 Å². The van der Waals surface area contributed by atoms with Gasteiger partial charge in [-0.2, -0.15) is 0 Å². The minimum Gasteiger partial charge on any atom is -0.349 e. The maximum atomic E-state index is 14.1. The molecule has 1 aromatic carbocycles. The summed E-state index contributed by atoms with van der Waals surface area (Å²) in [5, 5.41) is 2.97. The van der Waals surface area contributed by atoms with Gasteiger partial charge in [-0.25, -0.2) is 4.39 Å². The number of hydrogen-bond donors (Lipinski definition) is 1. The number of amides is 1. The number of aryl methyl sites for hydroxylation is 1. The number of benzene rings is 1. The lowest BCUT2D eigenvalue weighted by Gasteiger charge is -2.28. The molecular weight excluding hydrogens is 369 g/mol. The lowest BCUT2D eigenvalue weighted by atomic mass is 9.91. The maximum absolute atomic E-state index is 14.1. The van der Waals surface area contributed by atoms with Gasteiger partial charge in [0, 0.05) is 30.2 Å². The largest absolute Gasteiger partial charge is 0.349 e. The van der Waals surface area contributed by atoms with Crippen LogP contribution in [0, 0.1) is 12.7 Å². The van der Waals surface area contributed by atoms with Crippen molar-refractivity contribution in [1.82, 2.24) is 14.9 Å². The molecule has 0 aliphatic heterocycles. The highest BCUT2D eigenvalue weighted by atomic mass is 19.1. The van der Waals surface area contributed by atoms with Crippen LogP contribution in [0.1, 0.15) is 39.2 Å². The van der Waals surface area contributed by atoms with Crippen molar-refractivity contribution in [1.29, 1.82) is 0 Å². The SMILES string of the molecule is Cc1cccc(F)c1C(=O)NC1CCc2c(ccc(=O)n2Cc2ccncc2)C1. The molecule has 148 valence electrons. The number of halogens is 1. The van der Waals surface area contributed by atoms with E-state index in [0.29, 0.717) is 31.4 Å².